The molecule has 0 aliphatic heterocycles. The smallest absolute Gasteiger partial charge is 0.239 e. The lowest BCUT2D eigenvalue weighted by atomic mass is 10.0. The molecule has 1 heterocycles. The summed E-state index contributed by atoms with van der Waals surface area (Å²) in [4.78, 5) is 15.8. The van der Waals surface area contributed by atoms with Crippen molar-refractivity contribution in [2.24, 2.45) is 0 Å². The number of imidazole rings is 1. The molecule has 1 aromatic rings. The number of nitrogens with zero attached hydrogens (tertiary/aromatic N) is 2. The highest BCUT2D eigenvalue weighted by Gasteiger charge is 2.25. The second-order valence-corrected chi connectivity index (χ2v) is 4.51. The first-order valence-corrected chi connectivity index (χ1v) is 5.41. The van der Waals surface area contributed by atoms with E-state index < -0.39 is 5.54 Å². The molecule has 16 heavy (non-hydrogen) atoms. The van der Waals surface area contributed by atoms with Crippen LogP contribution in [0.4, 0.5) is 0 Å². The van der Waals surface area contributed by atoms with E-state index in [4.69, 9.17) is 0 Å². The number of amides is 1. The van der Waals surface area contributed by atoms with Crippen LogP contribution in [0.1, 0.15) is 20.8 Å². The van der Waals surface area contributed by atoms with Crippen molar-refractivity contribution in [1.29, 1.82) is 0 Å². The Morgan fingerprint density at radius 3 is 2.75 bits per heavy atom. The fourth-order valence-electron chi connectivity index (χ4n) is 1.27. The Kier molecular flexibility index (Phi) is 4.06. The number of likely N-dealkylation sites (N-methyl/N-ethyl adjacent to an activating group) is 1. The average molecular weight is 224 g/mol. The summed E-state index contributed by atoms with van der Waals surface area (Å²) in [6, 6.07) is 0.0781. The third-order valence-electron chi connectivity index (χ3n) is 2.61. The molecule has 1 rings (SSSR count). The summed E-state index contributed by atoms with van der Waals surface area (Å²) in [6.45, 7) is 6.41. The molecule has 5 nitrogen and oxygen atoms in total. The molecular formula is C11H20N4O. The largest absolute Gasteiger partial charge is 0.350 e. The zero-order valence-electron chi connectivity index (χ0n) is 10.3. The number of hydrogen-bond acceptors (Lipinski definition) is 3. The van der Waals surface area contributed by atoms with E-state index in [1.54, 1.807) is 19.6 Å². The third-order valence-corrected chi connectivity index (χ3v) is 2.61. The van der Waals surface area contributed by atoms with Gasteiger partial charge in [-0.25, -0.2) is 4.98 Å². The number of rotatable bonds is 5. The summed E-state index contributed by atoms with van der Waals surface area (Å²) < 4.78 is 1.94. The fraction of sp³-hybridized carbons (Fsp3) is 0.636. The number of aromatic nitrogens is 2. The van der Waals surface area contributed by atoms with Gasteiger partial charge in [-0.2, -0.15) is 0 Å². The van der Waals surface area contributed by atoms with Crippen molar-refractivity contribution in [2.75, 3.05) is 7.05 Å². The summed E-state index contributed by atoms with van der Waals surface area (Å²) in [5.74, 6) is 0.00242. The first kappa shape index (κ1) is 12.7. The molecule has 1 unspecified atom stereocenters. The molecule has 0 aromatic carbocycles. The second-order valence-electron chi connectivity index (χ2n) is 4.51. The van der Waals surface area contributed by atoms with Gasteiger partial charge in [0.2, 0.25) is 5.91 Å². The highest BCUT2D eigenvalue weighted by molar-refractivity contribution is 5.85. The molecule has 0 saturated carbocycles. The van der Waals surface area contributed by atoms with Gasteiger partial charge in [0.15, 0.2) is 0 Å². The Balaban J connectivity index is 2.46. The standard InChI is InChI=1S/C11H20N4O/c1-9(7-15-6-5-13-8-15)14-10(16)11(2,3)12-4/h5-6,8-9,12H,7H2,1-4H3,(H,14,16). The fourth-order valence-corrected chi connectivity index (χ4v) is 1.27. The van der Waals surface area contributed by atoms with E-state index in [1.165, 1.54) is 0 Å². The Labute approximate surface area is 96.3 Å². The minimum Gasteiger partial charge on any atom is -0.350 e. The van der Waals surface area contributed by atoms with Gasteiger partial charge in [0, 0.05) is 25.0 Å². The van der Waals surface area contributed by atoms with Gasteiger partial charge in [-0.3, -0.25) is 4.79 Å². The summed E-state index contributed by atoms with van der Waals surface area (Å²) >= 11 is 0. The van der Waals surface area contributed by atoms with E-state index in [1.807, 2.05) is 31.5 Å². The first-order chi connectivity index (χ1) is 7.45. The van der Waals surface area contributed by atoms with E-state index >= 15 is 0 Å². The van der Waals surface area contributed by atoms with Crippen molar-refractivity contribution in [2.45, 2.75) is 38.9 Å². The van der Waals surface area contributed by atoms with Crippen LogP contribution in [0.15, 0.2) is 18.7 Å². The van der Waals surface area contributed by atoms with Crippen LogP contribution in [-0.4, -0.2) is 34.1 Å². The van der Waals surface area contributed by atoms with Crippen molar-refractivity contribution in [3.63, 3.8) is 0 Å². The van der Waals surface area contributed by atoms with Gasteiger partial charge < -0.3 is 15.2 Å². The molecule has 0 aliphatic rings. The number of carbonyl (C=O) groups is 1. The van der Waals surface area contributed by atoms with E-state index in [-0.39, 0.29) is 11.9 Å². The topological polar surface area (TPSA) is 59.0 Å². The van der Waals surface area contributed by atoms with E-state index in [2.05, 4.69) is 15.6 Å². The monoisotopic (exact) mass is 224 g/mol. The predicted octanol–water partition coefficient (Wildman–Crippen LogP) is 0.386. The average Bonchev–Trinajstić information content (AvgIpc) is 2.70. The number of nitrogens with one attached hydrogen (secondary N) is 2. The van der Waals surface area contributed by atoms with E-state index in [0.29, 0.717) is 0 Å². The van der Waals surface area contributed by atoms with Crippen LogP contribution < -0.4 is 10.6 Å². The minimum absolute atomic E-state index is 0.00242. The van der Waals surface area contributed by atoms with Crippen LogP contribution in [0, 0.1) is 0 Å². The molecule has 0 spiro atoms. The normalized spacial score (nSPS) is 13.5. The predicted molar refractivity (Wildman–Crippen MR) is 63.0 cm³/mol. The van der Waals surface area contributed by atoms with Gasteiger partial charge in [0.25, 0.3) is 0 Å². The maximum Gasteiger partial charge on any atom is 0.239 e. The van der Waals surface area contributed by atoms with Crippen LogP contribution in [0.3, 0.4) is 0 Å². The summed E-state index contributed by atoms with van der Waals surface area (Å²) in [7, 11) is 1.78. The molecule has 0 bridgehead atoms. The molecule has 90 valence electrons. The van der Waals surface area contributed by atoms with Crippen LogP contribution in [0.5, 0.6) is 0 Å². The van der Waals surface area contributed by atoms with Gasteiger partial charge >= 0.3 is 0 Å². The van der Waals surface area contributed by atoms with Crippen LogP contribution in [-0.2, 0) is 11.3 Å². The third kappa shape index (κ3) is 3.34. The Morgan fingerprint density at radius 1 is 1.56 bits per heavy atom. The second kappa shape index (κ2) is 5.12. The SMILES string of the molecule is CNC(C)(C)C(=O)NC(C)Cn1ccnc1. The Morgan fingerprint density at radius 2 is 2.25 bits per heavy atom. The molecule has 0 fully saturated rings. The molecule has 0 aliphatic carbocycles. The quantitative estimate of drug-likeness (QED) is 0.760. The lowest BCUT2D eigenvalue weighted by molar-refractivity contribution is -0.126. The summed E-state index contributed by atoms with van der Waals surface area (Å²) in [5.41, 5.74) is -0.538. The van der Waals surface area contributed by atoms with Gasteiger partial charge in [0.05, 0.1) is 11.9 Å². The summed E-state index contributed by atoms with van der Waals surface area (Å²) in [6.07, 6.45) is 5.35. The lowest BCUT2D eigenvalue weighted by Crippen LogP contribution is -2.53. The van der Waals surface area contributed by atoms with Crippen LogP contribution in [0.2, 0.25) is 0 Å². The first-order valence-electron chi connectivity index (χ1n) is 5.41. The van der Waals surface area contributed by atoms with Gasteiger partial charge in [-0.15, -0.1) is 0 Å². The summed E-state index contributed by atoms with van der Waals surface area (Å²) in [5, 5.41) is 5.93. The number of hydrogen-bond donors (Lipinski definition) is 2. The molecule has 0 saturated heterocycles. The molecular weight excluding hydrogens is 204 g/mol. The van der Waals surface area contributed by atoms with Gasteiger partial charge in [-0.05, 0) is 27.8 Å². The van der Waals surface area contributed by atoms with Gasteiger partial charge in [-0.1, -0.05) is 0 Å². The maximum atomic E-state index is 11.8. The van der Waals surface area contributed by atoms with Crippen LogP contribution >= 0.6 is 0 Å². The highest BCUT2D eigenvalue weighted by atomic mass is 16.2. The lowest BCUT2D eigenvalue weighted by Gasteiger charge is -2.25. The van der Waals surface area contributed by atoms with Crippen molar-refractivity contribution < 1.29 is 4.79 Å². The molecule has 0 radical (unpaired) electrons. The van der Waals surface area contributed by atoms with E-state index in [9.17, 15) is 4.79 Å². The Hall–Kier alpha value is -1.36. The Bertz CT molecular complexity index is 332. The molecule has 2 N–H and O–H groups in total. The van der Waals surface area contributed by atoms with Crippen molar-refractivity contribution in [3.05, 3.63) is 18.7 Å². The van der Waals surface area contributed by atoms with E-state index in [0.717, 1.165) is 6.54 Å². The van der Waals surface area contributed by atoms with Crippen LogP contribution in [0.25, 0.3) is 0 Å². The maximum absolute atomic E-state index is 11.8. The molecule has 5 heteroatoms. The molecule has 1 aromatic heterocycles. The van der Waals surface area contributed by atoms with Crippen molar-refractivity contribution in [1.82, 2.24) is 20.2 Å². The molecule has 1 amide bonds. The zero-order valence-corrected chi connectivity index (χ0v) is 10.3. The van der Waals surface area contributed by atoms with Gasteiger partial charge in [0.1, 0.15) is 0 Å². The van der Waals surface area contributed by atoms with Crippen molar-refractivity contribution in [3.8, 4) is 0 Å². The minimum atomic E-state index is -0.538. The molecule has 1 atom stereocenters. The van der Waals surface area contributed by atoms with Crippen molar-refractivity contribution >= 4 is 5.91 Å². The number of carbonyl (C=O) groups excluding carboxylic acids is 1. The highest BCUT2D eigenvalue weighted by Crippen LogP contribution is 2.02. The zero-order chi connectivity index (χ0) is 12.2.